The summed E-state index contributed by atoms with van der Waals surface area (Å²) >= 11 is 0. The van der Waals surface area contributed by atoms with Crippen molar-refractivity contribution in [2.24, 2.45) is 0 Å². The minimum absolute atomic E-state index is 0. The number of unbranched alkanes of at least 4 members (excludes halogenated alkanes) is 24. The lowest BCUT2D eigenvalue weighted by Gasteiger charge is -2.28. The zero-order chi connectivity index (χ0) is 40.0. The normalized spacial score (nSPS) is 11.5. The van der Waals surface area contributed by atoms with E-state index in [9.17, 15) is 14.4 Å². The van der Waals surface area contributed by atoms with E-state index in [0.29, 0.717) is 30.5 Å². The van der Waals surface area contributed by atoms with Crippen molar-refractivity contribution in [3.63, 3.8) is 0 Å². The molecule has 0 spiro atoms. The van der Waals surface area contributed by atoms with Crippen LogP contribution in [0.5, 0.6) is 0 Å². The molecule has 0 bridgehead atoms. The van der Waals surface area contributed by atoms with E-state index in [0.717, 1.165) is 90.1 Å². The second-order valence-corrected chi connectivity index (χ2v) is 17.4. The maximum absolute atomic E-state index is 13.2. The molecule has 1 amide bonds. The minimum atomic E-state index is -0.0815. The number of carbonyl (C=O) groups excluding carboxylic acids is 3. The topological polar surface area (TPSA) is 72.9 Å². The second-order valence-electron chi connectivity index (χ2n) is 17.4. The average Bonchev–Trinajstić information content (AvgIpc) is 3.12. The van der Waals surface area contributed by atoms with Crippen LogP contribution < -0.4 is 12.4 Å². The van der Waals surface area contributed by atoms with Gasteiger partial charge in [0.05, 0.1) is 27.7 Å². The Labute approximate surface area is 348 Å². The molecule has 0 aromatic carbocycles. The molecule has 0 unspecified atom stereocenters. The summed E-state index contributed by atoms with van der Waals surface area (Å²) in [5, 5.41) is 0. The number of esters is 2. The number of hydrogen-bond acceptors (Lipinski definition) is 5. The number of rotatable bonds is 41. The van der Waals surface area contributed by atoms with Crippen molar-refractivity contribution >= 4 is 17.8 Å². The lowest BCUT2D eigenvalue weighted by molar-refractivity contribution is -0.862. The van der Waals surface area contributed by atoms with Crippen molar-refractivity contribution in [2.75, 3.05) is 47.4 Å². The summed E-state index contributed by atoms with van der Waals surface area (Å²) < 4.78 is 12.1. The number of likely N-dealkylation sites (N-methyl/N-ethyl adjacent to an activating group) is 1. The van der Waals surface area contributed by atoms with Crippen LogP contribution in [0.4, 0.5) is 0 Å². The van der Waals surface area contributed by atoms with Gasteiger partial charge in [-0.15, -0.1) is 0 Å². The third kappa shape index (κ3) is 40.7. The molecule has 0 aromatic heterocycles. The maximum Gasteiger partial charge on any atom is 0.306 e. The fraction of sp³-hybridized carbons (Fsp3) is 0.936. The van der Waals surface area contributed by atoms with E-state index < -0.39 is 0 Å². The van der Waals surface area contributed by atoms with Crippen LogP contribution in [-0.2, 0) is 23.9 Å². The summed E-state index contributed by atoms with van der Waals surface area (Å²) in [6, 6.07) is 0. The van der Waals surface area contributed by atoms with Gasteiger partial charge in [0.25, 0.3) is 5.91 Å². The van der Waals surface area contributed by atoms with E-state index in [1.807, 2.05) is 4.90 Å². The number of hydrogen-bond donors (Lipinski definition) is 0. The van der Waals surface area contributed by atoms with Crippen LogP contribution in [0.3, 0.4) is 0 Å². The second kappa shape index (κ2) is 40.8. The number of ether oxygens (including phenoxy) is 2. The highest BCUT2D eigenvalue weighted by atomic mass is 35.5. The Kier molecular flexibility index (Phi) is 41.4. The summed E-state index contributed by atoms with van der Waals surface area (Å²) in [6.45, 7) is 9.33. The third-order valence-electron chi connectivity index (χ3n) is 10.6. The van der Waals surface area contributed by atoms with Gasteiger partial charge in [-0.1, -0.05) is 162 Å². The Hall–Kier alpha value is -1.34. The van der Waals surface area contributed by atoms with Gasteiger partial charge in [-0.2, -0.15) is 0 Å². The summed E-state index contributed by atoms with van der Waals surface area (Å²) in [7, 11) is 6.19. The van der Waals surface area contributed by atoms with Crippen LogP contribution in [0.15, 0.2) is 0 Å². The van der Waals surface area contributed by atoms with E-state index >= 15 is 0 Å². The Balaban J connectivity index is 0. The van der Waals surface area contributed by atoms with Crippen molar-refractivity contribution in [1.29, 1.82) is 0 Å². The van der Waals surface area contributed by atoms with E-state index in [-0.39, 0.29) is 36.4 Å². The van der Waals surface area contributed by atoms with Gasteiger partial charge < -0.3 is 31.3 Å². The van der Waals surface area contributed by atoms with E-state index in [1.54, 1.807) is 0 Å². The average molecular weight is 802 g/mol. The van der Waals surface area contributed by atoms with Crippen molar-refractivity contribution in [3.8, 4) is 0 Å². The first-order valence-corrected chi connectivity index (χ1v) is 23.6. The van der Waals surface area contributed by atoms with Crippen molar-refractivity contribution < 1.29 is 40.7 Å². The molecule has 0 aliphatic rings. The molecule has 0 rings (SSSR count). The molecule has 0 atom stereocenters. The lowest BCUT2D eigenvalue weighted by atomic mass is 10.0. The van der Waals surface area contributed by atoms with Gasteiger partial charge in [-0.25, -0.2) is 0 Å². The predicted molar refractivity (Wildman–Crippen MR) is 230 cm³/mol. The number of carbonyl (C=O) groups is 3. The van der Waals surface area contributed by atoms with Crippen molar-refractivity contribution in [1.82, 2.24) is 4.90 Å². The molecule has 0 saturated carbocycles. The standard InChI is InChI=1S/C47H93N2O5.ClH/c1-7-10-13-16-19-20-21-27-35-42-53-46(51)38-32-28-34-41-48(45(50)43-49(4,5)6)40-33-26-22-25-31-39-47(52)54-44(36-29-23-17-14-11-8-2)37-30-24-18-15-12-9-3;/h44H,7-43H2,1-6H3;1H/q+1;/p-1. The summed E-state index contributed by atoms with van der Waals surface area (Å²) in [6.07, 6.45) is 37.4. The van der Waals surface area contributed by atoms with Gasteiger partial charge >= 0.3 is 11.9 Å². The Morgan fingerprint density at radius 1 is 0.473 bits per heavy atom. The van der Waals surface area contributed by atoms with Crippen LogP contribution in [0.25, 0.3) is 0 Å². The van der Waals surface area contributed by atoms with Crippen LogP contribution in [0.1, 0.15) is 233 Å². The van der Waals surface area contributed by atoms with E-state index in [4.69, 9.17) is 9.47 Å². The largest absolute Gasteiger partial charge is 1.00 e. The highest BCUT2D eigenvalue weighted by Gasteiger charge is 2.20. The molecule has 0 aromatic rings. The first-order chi connectivity index (χ1) is 26.1. The summed E-state index contributed by atoms with van der Waals surface area (Å²) in [5.74, 6) is 0.116. The summed E-state index contributed by atoms with van der Waals surface area (Å²) in [5.41, 5.74) is 0. The lowest BCUT2D eigenvalue weighted by Crippen LogP contribution is -3.00. The van der Waals surface area contributed by atoms with Crippen molar-refractivity contribution in [3.05, 3.63) is 0 Å². The molecular formula is C47H93ClN2O5. The van der Waals surface area contributed by atoms with Crippen molar-refractivity contribution in [2.45, 2.75) is 239 Å². The Morgan fingerprint density at radius 2 is 0.836 bits per heavy atom. The first kappa shape index (κ1) is 55.8. The number of halogens is 1. The smallest absolute Gasteiger partial charge is 0.306 e. The SMILES string of the molecule is CCCCCCCCCCCOC(=O)CCCCCN(CCCCCCCC(=O)OC(CCCCCCCC)CCCCCCCC)C(=O)C[N+](C)(C)C.[Cl-]. The van der Waals surface area contributed by atoms with Gasteiger partial charge in [0, 0.05) is 25.9 Å². The zero-order valence-corrected chi connectivity index (χ0v) is 38.3. The Bertz CT molecular complexity index is 849. The molecule has 0 aliphatic carbocycles. The van der Waals surface area contributed by atoms with Gasteiger partial charge in [0.1, 0.15) is 6.10 Å². The fourth-order valence-corrected chi connectivity index (χ4v) is 7.20. The van der Waals surface area contributed by atoms with Crippen LogP contribution in [0.2, 0.25) is 0 Å². The molecule has 0 fully saturated rings. The first-order valence-electron chi connectivity index (χ1n) is 23.6. The van der Waals surface area contributed by atoms with Gasteiger partial charge in [-0.3, -0.25) is 14.4 Å². The minimum Gasteiger partial charge on any atom is -1.00 e. The predicted octanol–water partition coefficient (Wildman–Crippen LogP) is 9.91. The Morgan fingerprint density at radius 3 is 1.29 bits per heavy atom. The molecular weight excluding hydrogens is 708 g/mol. The maximum atomic E-state index is 13.2. The molecule has 328 valence electrons. The van der Waals surface area contributed by atoms with E-state index in [2.05, 4.69) is 41.9 Å². The highest BCUT2D eigenvalue weighted by Crippen LogP contribution is 2.19. The van der Waals surface area contributed by atoms with Crippen LogP contribution >= 0.6 is 0 Å². The molecule has 8 heteroatoms. The highest BCUT2D eigenvalue weighted by molar-refractivity contribution is 5.77. The molecule has 7 nitrogen and oxygen atoms in total. The molecule has 0 N–H and O–H groups in total. The van der Waals surface area contributed by atoms with Gasteiger partial charge in [0.15, 0.2) is 6.54 Å². The quantitative estimate of drug-likeness (QED) is 0.0350. The molecule has 55 heavy (non-hydrogen) atoms. The third-order valence-corrected chi connectivity index (χ3v) is 10.6. The van der Waals surface area contributed by atoms with Gasteiger partial charge in [0.2, 0.25) is 0 Å². The number of amides is 1. The van der Waals surface area contributed by atoms with E-state index in [1.165, 1.54) is 122 Å². The van der Waals surface area contributed by atoms with Crippen LogP contribution in [-0.4, -0.2) is 80.7 Å². The monoisotopic (exact) mass is 801 g/mol. The molecule has 0 saturated heterocycles. The van der Waals surface area contributed by atoms with Crippen LogP contribution in [0, 0.1) is 0 Å². The summed E-state index contributed by atoms with van der Waals surface area (Å²) in [4.78, 5) is 40.2. The molecule has 0 aliphatic heterocycles. The van der Waals surface area contributed by atoms with Gasteiger partial charge in [-0.05, 0) is 57.8 Å². The fourth-order valence-electron chi connectivity index (χ4n) is 7.20. The molecule has 0 heterocycles. The zero-order valence-electron chi connectivity index (χ0n) is 37.6. The molecule has 0 radical (unpaired) electrons. The number of quaternary nitrogens is 1. The number of nitrogens with zero attached hydrogens (tertiary/aromatic N) is 2.